The zero-order chi connectivity index (χ0) is 27.2. The van der Waals surface area contributed by atoms with E-state index < -0.39 is 12.0 Å². The SMILES string of the molecule is C=CN=C(N=CC[C@@H](CNC(=O)c1cccc2nc(N3CC(C)NC(C)C3)ccc12)N(C)C)C(F)(F)F. The molecule has 0 aliphatic carbocycles. The minimum atomic E-state index is -4.67. The number of aliphatic imine (C=N–C) groups is 2. The predicted octanol–water partition coefficient (Wildman–Crippen LogP) is 3.65. The highest BCUT2D eigenvalue weighted by Crippen LogP contribution is 2.23. The molecule has 3 rings (SSSR count). The number of anilines is 1. The molecule has 1 fully saturated rings. The number of fused-ring (bicyclic) bond motifs is 1. The van der Waals surface area contributed by atoms with Gasteiger partial charge < -0.3 is 20.4 Å². The van der Waals surface area contributed by atoms with Gasteiger partial charge in [0.1, 0.15) is 5.82 Å². The number of piperazine rings is 1. The lowest BCUT2D eigenvalue weighted by Crippen LogP contribution is -2.54. The lowest BCUT2D eigenvalue weighted by atomic mass is 10.1. The first kappa shape index (κ1) is 28.3. The molecule has 0 radical (unpaired) electrons. The van der Waals surface area contributed by atoms with Crippen LogP contribution in [0.2, 0.25) is 0 Å². The van der Waals surface area contributed by atoms with Crippen molar-refractivity contribution in [1.82, 2.24) is 20.5 Å². The molecular weight excluding hydrogens is 483 g/mol. The van der Waals surface area contributed by atoms with Crippen molar-refractivity contribution < 1.29 is 18.0 Å². The fraction of sp³-hybridized carbons (Fsp3) is 0.462. The van der Waals surface area contributed by atoms with E-state index in [0.29, 0.717) is 17.6 Å². The molecule has 1 saturated heterocycles. The van der Waals surface area contributed by atoms with E-state index in [1.807, 2.05) is 23.1 Å². The number of amides is 1. The summed E-state index contributed by atoms with van der Waals surface area (Å²) in [4.78, 5) is 28.6. The molecule has 2 aromatic rings. The number of halogens is 3. The quantitative estimate of drug-likeness (QED) is 0.413. The summed E-state index contributed by atoms with van der Waals surface area (Å²) in [5, 5.41) is 7.14. The average molecular weight is 518 g/mol. The molecule has 2 N–H and O–H groups in total. The van der Waals surface area contributed by atoms with E-state index in [4.69, 9.17) is 4.98 Å². The molecule has 1 aliphatic heterocycles. The molecule has 0 saturated carbocycles. The third-order valence-electron chi connectivity index (χ3n) is 6.13. The summed E-state index contributed by atoms with van der Waals surface area (Å²) in [6, 6.07) is 9.69. The summed E-state index contributed by atoms with van der Waals surface area (Å²) in [5.41, 5.74) is 1.21. The Labute approximate surface area is 215 Å². The molecule has 200 valence electrons. The van der Waals surface area contributed by atoms with Gasteiger partial charge in [-0.05, 0) is 52.2 Å². The normalized spacial score (nSPS) is 20.0. The van der Waals surface area contributed by atoms with Crippen LogP contribution in [0.1, 0.15) is 30.6 Å². The number of amidine groups is 1. The smallest absolute Gasteiger partial charge is 0.353 e. The Morgan fingerprint density at radius 1 is 1.27 bits per heavy atom. The second-order valence-corrected chi connectivity index (χ2v) is 9.42. The second-order valence-electron chi connectivity index (χ2n) is 9.42. The van der Waals surface area contributed by atoms with Gasteiger partial charge in [-0.2, -0.15) is 13.2 Å². The van der Waals surface area contributed by atoms with Crippen molar-refractivity contribution in [2.24, 2.45) is 9.98 Å². The summed E-state index contributed by atoms with van der Waals surface area (Å²) in [5.74, 6) is -0.676. The van der Waals surface area contributed by atoms with E-state index in [-0.39, 0.29) is 24.9 Å². The number of alkyl halides is 3. The molecule has 37 heavy (non-hydrogen) atoms. The molecule has 0 spiro atoms. The molecule has 11 heteroatoms. The van der Waals surface area contributed by atoms with Gasteiger partial charge in [-0.3, -0.25) is 4.79 Å². The number of nitrogens with one attached hydrogen (secondary N) is 2. The standard InChI is InChI=1S/C26H34F3N7O/c1-6-30-25(26(27,28)29)31-13-12-19(35(4)5)14-32-24(37)21-8-7-9-22-20(21)10-11-23(34-22)36-15-17(2)33-18(3)16-36/h6-11,13,17-19,33H,1,12,14-16H2,2-5H3,(H,32,37)/t17?,18?,19-/m0/s1. The third kappa shape index (κ3) is 7.59. The number of pyridine rings is 1. The highest BCUT2D eigenvalue weighted by molar-refractivity contribution is 6.06. The Kier molecular flexibility index (Phi) is 9.39. The number of carbonyl (C=O) groups is 1. The Bertz CT molecular complexity index is 1150. The summed E-state index contributed by atoms with van der Waals surface area (Å²) < 4.78 is 38.9. The predicted molar refractivity (Wildman–Crippen MR) is 143 cm³/mol. The first-order valence-corrected chi connectivity index (χ1v) is 12.1. The molecule has 8 nitrogen and oxygen atoms in total. The van der Waals surface area contributed by atoms with Crippen LogP contribution >= 0.6 is 0 Å². The van der Waals surface area contributed by atoms with E-state index in [0.717, 1.165) is 42.2 Å². The zero-order valence-corrected chi connectivity index (χ0v) is 21.6. The van der Waals surface area contributed by atoms with E-state index in [1.165, 1.54) is 0 Å². The van der Waals surface area contributed by atoms with Crippen LogP contribution in [0.25, 0.3) is 10.9 Å². The van der Waals surface area contributed by atoms with Crippen LogP contribution in [-0.4, -0.2) is 85.9 Å². The second kappa shape index (κ2) is 12.3. The van der Waals surface area contributed by atoms with E-state index in [1.54, 1.807) is 26.2 Å². The van der Waals surface area contributed by atoms with Crippen LogP contribution in [0.15, 0.2) is 53.1 Å². The van der Waals surface area contributed by atoms with Gasteiger partial charge in [0.2, 0.25) is 5.84 Å². The van der Waals surface area contributed by atoms with Crippen molar-refractivity contribution in [3.05, 3.63) is 48.7 Å². The number of likely N-dealkylation sites (N-methyl/N-ethyl adjacent to an activating group) is 1. The number of aromatic nitrogens is 1. The van der Waals surface area contributed by atoms with Gasteiger partial charge in [-0.1, -0.05) is 12.6 Å². The minimum absolute atomic E-state index is 0.182. The summed E-state index contributed by atoms with van der Waals surface area (Å²) >= 11 is 0. The third-order valence-corrected chi connectivity index (χ3v) is 6.13. The van der Waals surface area contributed by atoms with E-state index in [2.05, 4.69) is 45.9 Å². The van der Waals surface area contributed by atoms with Crippen molar-refractivity contribution >= 4 is 34.7 Å². The largest absolute Gasteiger partial charge is 0.451 e. The summed E-state index contributed by atoms with van der Waals surface area (Å²) in [7, 11) is 3.57. The molecule has 1 aliphatic rings. The van der Waals surface area contributed by atoms with Crippen LogP contribution in [-0.2, 0) is 0 Å². The van der Waals surface area contributed by atoms with Crippen molar-refractivity contribution in [3.8, 4) is 0 Å². The topological polar surface area (TPSA) is 85.2 Å². The number of benzene rings is 1. The molecule has 2 heterocycles. The van der Waals surface area contributed by atoms with Crippen LogP contribution < -0.4 is 15.5 Å². The number of hydrogen-bond donors (Lipinski definition) is 2. The highest BCUT2D eigenvalue weighted by Gasteiger charge is 2.35. The first-order valence-electron chi connectivity index (χ1n) is 12.1. The zero-order valence-electron chi connectivity index (χ0n) is 21.6. The minimum Gasteiger partial charge on any atom is -0.353 e. The van der Waals surface area contributed by atoms with Crippen molar-refractivity contribution in [2.75, 3.05) is 38.6 Å². The van der Waals surface area contributed by atoms with Crippen molar-refractivity contribution in [3.63, 3.8) is 0 Å². The van der Waals surface area contributed by atoms with Gasteiger partial charge >= 0.3 is 6.18 Å². The van der Waals surface area contributed by atoms with Gasteiger partial charge in [-0.15, -0.1) is 0 Å². The fourth-order valence-corrected chi connectivity index (χ4v) is 4.34. The van der Waals surface area contributed by atoms with Crippen LogP contribution in [0.3, 0.4) is 0 Å². The van der Waals surface area contributed by atoms with E-state index in [9.17, 15) is 18.0 Å². The molecular formula is C26H34F3N7O. The van der Waals surface area contributed by atoms with Crippen molar-refractivity contribution in [1.29, 1.82) is 0 Å². The van der Waals surface area contributed by atoms with Crippen LogP contribution in [0, 0.1) is 0 Å². The number of nitrogens with zero attached hydrogens (tertiary/aromatic N) is 5. The molecule has 1 aromatic heterocycles. The lowest BCUT2D eigenvalue weighted by Gasteiger charge is -2.37. The molecule has 2 unspecified atom stereocenters. The molecule has 1 amide bonds. The van der Waals surface area contributed by atoms with E-state index >= 15 is 0 Å². The fourth-order valence-electron chi connectivity index (χ4n) is 4.34. The van der Waals surface area contributed by atoms with Crippen LogP contribution in [0.5, 0.6) is 0 Å². The summed E-state index contributed by atoms with van der Waals surface area (Å²) in [6.45, 7) is 9.39. The monoisotopic (exact) mass is 517 g/mol. The number of rotatable bonds is 8. The Hall–Kier alpha value is -3.31. The highest BCUT2D eigenvalue weighted by atomic mass is 19.4. The molecule has 3 atom stereocenters. The van der Waals surface area contributed by atoms with Crippen LogP contribution in [0.4, 0.5) is 19.0 Å². The van der Waals surface area contributed by atoms with Gasteiger partial charge in [0, 0.05) is 67.5 Å². The molecule has 0 bridgehead atoms. The van der Waals surface area contributed by atoms with Crippen molar-refractivity contribution in [2.45, 2.75) is 44.6 Å². The lowest BCUT2D eigenvalue weighted by molar-refractivity contribution is -0.0596. The maximum atomic E-state index is 13.1. The van der Waals surface area contributed by atoms with Gasteiger partial charge in [0.05, 0.1) is 5.52 Å². The van der Waals surface area contributed by atoms with Gasteiger partial charge in [0.25, 0.3) is 5.91 Å². The van der Waals surface area contributed by atoms with Gasteiger partial charge in [0.15, 0.2) is 0 Å². The maximum absolute atomic E-state index is 13.1. The maximum Gasteiger partial charge on any atom is 0.451 e. The Balaban J connectivity index is 1.70. The average Bonchev–Trinajstić information content (AvgIpc) is 2.83. The first-order chi connectivity index (χ1) is 17.5. The summed E-state index contributed by atoms with van der Waals surface area (Å²) in [6.07, 6.45) is -2.53. The Morgan fingerprint density at radius 3 is 2.59 bits per heavy atom. The molecule has 1 aromatic carbocycles. The Morgan fingerprint density at radius 2 is 1.97 bits per heavy atom. The number of hydrogen-bond acceptors (Lipinski definition) is 6. The number of carbonyl (C=O) groups excluding carboxylic acids is 1. The van der Waals surface area contributed by atoms with Gasteiger partial charge in [-0.25, -0.2) is 15.0 Å².